The summed E-state index contributed by atoms with van der Waals surface area (Å²) in [7, 11) is 0. The monoisotopic (exact) mass is 436 g/mol. The van der Waals surface area contributed by atoms with Gasteiger partial charge in [-0.25, -0.2) is 4.79 Å². The van der Waals surface area contributed by atoms with Gasteiger partial charge in [0, 0.05) is 6.08 Å². The number of carbonyl (C=O) groups is 1. The topological polar surface area (TPSA) is 26.3 Å². The molecule has 0 bridgehead atoms. The second kappa shape index (κ2) is 11.7. The van der Waals surface area contributed by atoms with Gasteiger partial charge in [0.15, 0.2) is 0 Å². The van der Waals surface area contributed by atoms with Crippen LogP contribution in [0.25, 0.3) is 6.08 Å². The Bertz CT molecular complexity index is 865. The Balaban J connectivity index is 2.33. The van der Waals surface area contributed by atoms with E-state index < -0.39 is 0 Å². The molecule has 1 aromatic rings. The molecule has 32 heavy (non-hydrogen) atoms. The average molecular weight is 437 g/mol. The summed E-state index contributed by atoms with van der Waals surface area (Å²) >= 11 is 0. The highest BCUT2D eigenvalue weighted by molar-refractivity contribution is 5.83. The smallest absolute Gasteiger partial charge is 0.330 e. The Labute approximate surface area is 196 Å². The van der Waals surface area contributed by atoms with Crippen molar-refractivity contribution in [2.24, 2.45) is 0 Å². The maximum absolute atomic E-state index is 11.6. The Morgan fingerprint density at radius 1 is 0.969 bits per heavy atom. The van der Waals surface area contributed by atoms with Gasteiger partial charge in [0.2, 0.25) is 0 Å². The Morgan fingerprint density at radius 2 is 1.62 bits per heavy atom. The highest BCUT2D eigenvalue weighted by Gasteiger charge is 2.37. The molecule has 0 radical (unpaired) electrons. The quantitative estimate of drug-likeness (QED) is 0.160. The Kier molecular flexibility index (Phi) is 9.55. The van der Waals surface area contributed by atoms with E-state index in [0.29, 0.717) is 6.61 Å². The maximum Gasteiger partial charge on any atom is 0.330 e. The van der Waals surface area contributed by atoms with E-state index >= 15 is 0 Å². The third kappa shape index (κ3) is 7.22. The standard InChI is InChI=1S/C30H44O2/c1-8-10-11-12-16-24-21-26-27(30(6,7)19-18-29(26,4)5)22-25(24)17-14-13-15-23(3)20-28(31)32-9-2/h13-15,17,20-22H,8-12,16,18-19H2,1-7H3/b15-13+,17-14+,23-20+. The summed E-state index contributed by atoms with van der Waals surface area (Å²) < 4.78 is 4.98. The van der Waals surface area contributed by atoms with E-state index in [2.05, 4.69) is 58.9 Å². The summed E-state index contributed by atoms with van der Waals surface area (Å²) in [5.74, 6) is -0.285. The molecule has 0 spiro atoms. The van der Waals surface area contributed by atoms with Crippen LogP contribution in [0, 0.1) is 0 Å². The first-order valence-electron chi connectivity index (χ1n) is 12.5. The van der Waals surface area contributed by atoms with E-state index in [-0.39, 0.29) is 16.8 Å². The summed E-state index contributed by atoms with van der Waals surface area (Å²) in [4.78, 5) is 11.6. The van der Waals surface area contributed by atoms with Gasteiger partial charge in [-0.15, -0.1) is 0 Å². The number of aryl methyl sites for hydroxylation is 1. The molecule has 0 unspecified atom stereocenters. The van der Waals surface area contributed by atoms with E-state index in [1.54, 1.807) is 5.56 Å². The fourth-order valence-corrected chi connectivity index (χ4v) is 4.57. The number of ether oxygens (including phenoxy) is 1. The SMILES string of the molecule is CCCCCCc1cc2c(cc1/C=C/C=C/C(C)=C/C(=O)OCC)C(C)(C)CCC2(C)C. The van der Waals surface area contributed by atoms with Crippen LogP contribution < -0.4 is 0 Å². The first kappa shape index (κ1) is 26.2. The van der Waals surface area contributed by atoms with Gasteiger partial charge in [-0.1, -0.05) is 90.3 Å². The highest BCUT2D eigenvalue weighted by Crippen LogP contribution is 2.46. The van der Waals surface area contributed by atoms with Crippen LogP contribution in [0.3, 0.4) is 0 Å². The van der Waals surface area contributed by atoms with Crippen LogP contribution >= 0.6 is 0 Å². The molecule has 2 nitrogen and oxygen atoms in total. The minimum Gasteiger partial charge on any atom is -0.463 e. The molecule has 0 fully saturated rings. The first-order valence-corrected chi connectivity index (χ1v) is 12.5. The number of unbranched alkanes of at least 4 members (excludes halogenated alkanes) is 3. The minimum atomic E-state index is -0.285. The molecular formula is C30H44O2. The Morgan fingerprint density at radius 3 is 2.25 bits per heavy atom. The highest BCUT2D eigenvalue weighted by atomic mass is 16.5. The third-order valence-corrected chi connectivity index (χ3v) is 6.79. The van der Waals surface area contributed by atoms with Gasteiger partial charge < -0.3 is 4.74 Å². The van der Waals surface area contributed by atoms with E-state index in [4.69, 9.17) is 4.74 Å². The molecule has 0 heterocycles. The molecule has 0 amide bonds. The number of hydrogen-bond acceptors (Lipinski definition) is 2. The lowest BCUT2D eigenvalue weighted by molar-refractivity contribution is -0.137. The molecular weight excluding hydrogens is 392 g/mol. The minimum absolute atomic E-state index is 0.211. The summed E-state index contributed by atoms with van der Waals surface area (Å²) in [5, 5.41) is 0. The second-order valence-electron chi connectivity index (χ2n) is 10.5. The van der Waals surface area contributed by atoms with Gasteiger partial charge in [-0.3, -0.25) is 0 Å². The summed E-state index contributed by atoms with van der Waals surface area (Å²) in [6, 6.07) is 4.97. The number of esters is 1. The van der Waals surface area contributed by atoms with Crippen molar-refractivity contribution in [3.8, 4) is 0 Å². The normalized spacial score (nSPS) is 17.7. The number of benzene rings is 1. The summed E-state index contributed by atoms with van der Waals surface area (Å²) in [6.45, 7) is 16.0. The van der Waals surface area contributed by atoms with Crippen LogP contribution in [0.5, 0.6) is 0 Å². The van der Waals surface area contributed by atoms with Crippen LogP contribution in [0.2, 0.25) is 0 Å². The van der Waals surface area contributed by atoms with Gasteiger partial charge in [0.1, 0.15) is 0 Å². The molecule has 1 aromatic carbocycles. The molecule has 2 heteroatoms. The Hall–Kier alpha value is -2.09. The predicted octanol–water partition coefficient (Wildman–Crippen LogP) is 8.24. The number of hydrogen-bond donors (Lipinski definition) is 0. The molecule has 1 aliphatic rings. The van der Waals surface area contributed by atoms with Crippen molar-refractivity contribution in [3.05, 3.63) is 64.3 Å². The molecule has 1 aliphatic carbocycles. The zero-order valence-corrected chi connectivity index (χ0v) is 21.5. The maximum atomic E-state index is 11.6. The van der Waals surface area contributed by atoms with Gasteiger partial charge in [-0.05, 0) is 78.2 Å². The number of fused-ring (bicyclic) bond motifs is 1. The molecule has 0 saturated heterocycles. The number of carbonyl (C=O) groups excluding carboxylic acids is 1. The fraction of sp³-hybridized carbons (Fsp3) is 0.567. The lowest BCUT2D eigenvalue weighted by atomic mass is 9.62. The molecule has 2 rings (SSSR count). The van der Waals surface area contributed by atoms with Crippen molar-refractivity contribution in [1.29, 1.82) is 0 Å². The zero-order valence-electron chi connectivity index (χ0n) is 21.5. The van der Waals surface area contributed by atoms with Crippen molar-refractivity contribution in [1.82, 2.24) is 0 Å². The van der Waals surface area contributed by atoms with Crippen molar-refractivity contribution < 1.29 is 9.53 Å². The lowest BCUT2D eigenvalue weighted by Crippen LogP contribution is -2.34. The first-order chi connectivity index (χ1) is 15.1. The average Bonchev–Trinajstić information content (AvgIpc) is 2.72. The molecule has 0 N–H and O–H groups in total. The zero-order chi connectivity index (χ0) is 23.8. The van der Waals surface area contributed by atoms with Gasteiger partial charge >= 0.3 is 5.97 Å². The van der Waals surface area contributed by atoms with E-state index in [1.165, 1.54) is 61.3 Å². The van der Waals surface area contributed by atoms with Crippen LogP contribution in [0.15, 0.2) is 42.0 Å². The van der Waals surface area contributed by atoms with Crippen molar-refractivity contribution in [2.45, 2.75) is 104 Å². The number of rotatable bonds is 10. The van der Waals surface area contributed by atoms with Crippen LogP contribution in [0.1, 0.15) is 109 Å². The fourth-order valence-electron chi connectivity index (χ4n) is 4.57. The van der Waals surface area contributed by atoms with Crippen LogP contribution in [0.4, 0.5) is 0 Å². The van der Waals surface area contributed by atoms with E-state index in [0.717, 1.165) is 12.0 Å². The van der Waals surface area contributed by atoms with Gasteiger partial charge in [-0.2, -0.15) is 0 Å². The molecule has 0 aromatic heterocycles. The van der Waals surface area contributed by atoms with E-state index in [9.17, 15) is 4.79 Å². The predicted molar refractivity (Wildman–Crippen MR) is 138 cm³/mol. The van der Waals surface area contributed by atoms with Crippen molar-refractivity contribution in [2.75, 3.05) is 6.61 Å². The molecule has 176 valence electrons. The lowest BCUT2D eigenvalue weighted by Gasteiger charge is -2.42. The third-order valence-electron chi connectivity index (χ3n) is 6.79. The van der Waals surface area contributed by atoms with Crippen molar-refractivity contribution >= 4 is 12.0 Å². The van der Waals surface area contributed by atoms with Crippen molar-refractivity contribution in [3.63, 3.8) is 0 Å². The largest absolute Gasteiger partial charge is 0.463 e. The van der Waals surface area contributed by atoms with Crippen LogP contribution in [-0.4, -0.2) is 12.6 Å². The number of allylic oxidation sites excluding steroid dienone is 4. The summed E-state index contributed by atoms with van der Waals surface area (Å²) in [6.07, 6.45) is 18.6. The summed E-state index contributed by atoms with van der Waals surface area (Å²) in [5.41, 5.74) is 7.19. The van der Waals surface area contributed by atoms with Gasteiger partial charge in [0.05, 0.1) is 6.61 Å². The molecule has 0 saturated carbocycles. The second-order valence-corrected chi connectivity index (χ2v) is 10.5. The van der Waals surface area contributed by atoms with Crippen LogP contribution in [-0.2, 0) is 26.8 Å². The van der Waals surface area contributed by atoms with Gasteiger partial charge in [0.25, 0.3) is 0 Å². The molecule has 0 atom stereocenters. The van der Waals surface area contributed by atoms with E-state index in [1.807, 2.05) is 26.0 Å². The molecule has 0 aliphatic heterocycles.